The Labute approximate surface area is 231 Å². The van der Waals surface area contributed by atoms with Gasteiger partial charge in [0.05, 0.1) is 18.0 Å². The molecule has 204 valence electrons. The fourth-order valence-corrected chi connectivity index (χ4v) is 4.52. The molecule has 0 bridgehead atoms. The molecule has 0 saturated heterocycles. The summed E-state index contributed by atoms with van der Waals surface area (Å²) < 4.78 is 0. The molecular formula is C33H47N5. The summed E-state index contributed by atoms with van der Waals surface area (Å²) in [4.78, 5) is 14.2. The van der Waals surface area contributed by atoms with Crippen molar-refractivity contribution >= 4 is 23.2 Å². The lowest BCUT2D eigenvalue weighted by atomic mass is 9.91. The van der Waals surface area contributed by atoms with Crippen LogP contribution in [0.15, 0.2) is 79.5 Å². The Morgan fingerprint density at radius 2 is 1.79 bits per heavy atom. The topological polar surface area (TPSA) is 43.8 Å². The summed E-state index contributed by atoms with van der Waals surface area (Å²) in [6, 6.07) is 12.6. The number of nitrogens with zero attached hydrogens (tertiary/aromatic N) is 4. The highest BCUT2D eigenvalue weighted by Gasteiger charge is 2.14. The number of pyridine rings is 1. The average molecular weight is 514 g/mol. The van der Waals surface area contributed by atoms with Crippen molar-refractivity contribution in [3.05, 3.63) is 96.9 Å². The predicted molar refractivity (Wildman–Crippen MR) is 168 cm³/mol. The van der Waals surface area contributed by atoms with Gasteiger partial charge >= 0.3 is 0 Å². The molecule has 0 fully saturated rings. The molecule has 0 aliphatic heterocycles. The van der Waals surface area contributed by atoms with E-state index < -0.39 is 0 Å². The van der Waals surface area contributed by atoms with E-state index in [0.29, 0.717) is 12.5 Å². The number of aliphatic imine (C=N–C) groups is 1. The number of allylic oxidation sites excluding steroid dienone is 1. The highest BCUT2D eigenvalue weighted by atomic mass is 15.1. The molecule has 38 heavy (non-hydrogen) atoms. The summed E-state index contributed by atoms with van der Waals surface area (Å²) >= 11 is 0. The maximum atomic E-state index is 4.89. The summed E-state index contributed by atoms with van der Waals surface area (Å²) in [5.41, 5.74) is 7.56. The second-order valence-electron chi connectivity index (χ2n) is 10.2. The normalized spacial score (nSPS) is 12.2. The van der Waals surface area contributed by atoms with Gasteiger partial charge < -0.3 is 15.1 Å². The minimum atomic E-state index is 0.393. The molecule has 1 N–H and O–H groups in total. The van der Waals surface area contributed by atoms with E-state index in [1.54, 1.807) is 6.20 Å². The monoisotopic (exact) mass is 513 g/mol. The second kappa shape index (κ2) is 15.7. The van der Waals surface area contributed by atoms with Crippen molar-refractivity contribution in [3.8, 4) is 0 Å². The first-order valence-corrected chi connectivity index (χ1v) is 13.4. The van der Waals surface area contributed by atoms with E-state index in [1.165, 1.54) is 16.7 Å². The molecule has 0 saturated carbocycles. The number of anilines is 1. The van der Waals surface area contributed by atoms with Gasteiger partial charge in [-0.1, -0.05) is 62.2 Å². The highest BCUT2D eigenvalue weighted by Crippen LogP contribution is 2.24. The van der Waals surface area contributed by atoms with Crippen molar-refractivity contribution in [1.29, 1.82) is 0 Å². The van der Waals surface area contributed by atoms with E-state index in [-0.39, 0.29) is 0 Å². The van der Waals surface area contributed by atoms with Crippen molar-refractivity contribution in [2.75, 3.05) is 45.7 Å². The summed E-state index contributed by atoms with van der Waals surface area (Å²) in [5.74, 6) is 1.31. The fraction of sp³-hybridized carbons (Fsp3) is 0.394. The van der Waals surface area contributed by atoms with Gasteiger partial charge in [0.25, 0.3) is 0 Å². The van der Waals surface area contributed by atoms with Crippen LogP contribution >= 0.6 is 0 Å². The molecular weight excluding hydrogens is 466 g/mol. The zero-order valence-corrected chi connectivity index (χ0v) is 24.3. The highest BCUT2D eigenvalue weighted by molar-refractivity contribution is 5.97. The van der Waals surface area contributed by atoms with Gasteiger partial charge in [-0.2, -0.15) is 0 Å². The van der Waals surface area contributed by atoms with Crippen LogP contribution in [-0.2, 0) is 6.54 Å². The van der Waals surface area contributed by atoms with Crippen LogP contribution in [0.1, 0.15) is 55.5 Å². The van der Waals surface area contributed by atoms with Gasteiger partial charge in [0.1, 0.15) is 5.82 Å². The molecule has 1 heterocycles. The summed E-state index contributed by atoms with van der Waals surface area (Å²) in [7, 11) is 6.19. The summed E-state index contributed by atoms with van der Waals surface area (Å²) in [6.45, 7) is 23.7. The van der Waals surface area contributed by atoms with Crippen molar-refractivity contribution in [1.82, 2.24) is 15.2 Å². The molecule has 2 rings (SSSR count). The van der Waals surface area contributed by atoms with E-state index in [1.807, 2.05) is 45.0 Å². The van der Waals surface area contributed by atoms with Crippen molar-refractivity contribution in [3.63, 3.8) is 0 Å². The van der Waals surface area contributed by atoms with Crippen LogP contribution < -0.4 is 10.2 Å². The summed E-state index contributed by atoms with van der Waals surface area (Å²) in [6.07, 6.45) is 6.89. The van der Waals surface area contributed by atoms with Crippen LogP contribution in [0.4, 0.5) is 5.82 Å². The number of hydrogen-bond donors (Lipinski definition) is 1. The average Bonchev–Trinajstić information content (AvgIpc) is 2.90. The molecule has 2 aromatic rings. The van der Waals surface area contributed by atoms with E-state index in [9.17, 15) is 0 Å². The second-order valence-corrected chi connectivity index (χ2v) is 10.2. The number of rotatable bonds is 17. The van der Waals surface area contributed by atoms with Gasteiger partial charge in [-0.3, -0.25) is 4.99 Å². The van der Waals surface area contributed by atoms with Crippen LogP contribution in [0.2, 0.25) is 0 Å². The molecule has 0 spiro atoms. The molecule has 1 unspecified atom stereocenters. The van der Waals surface area contributed by atoms with Gasteiger partial charge in [0.15, 0.2) is 0 Å². The van der Waals surface area contributed by atoms with Crippen LogP contribution in [0, 0.1) is 5.92 Å². The van der Waals surface area contributed by atoms with Crippen LogP contribution in [0.3, 0.4) is 0 Å². The quantitative estimate of drug-likeness (QED) is 0.143. The van der Waals surface area contributed by atoms with Crippen LogP contribution in [0.5, 0.6) is 0 Å². The maximum Gasteiger partial charge on any atom is 0.136 e. The number of aromatic nitrogens is 1. The van der Waals surface area contributed by atoms with Gasteiger partial charge in [-0.25, -0.2) is 4.98 Å². The lowest BCUT2D eigenvalue weighted by Gasteiger charge is -2.22. The molecule has 5 nitrogen and oxygen atoms in total. The van der Waals surface area contributed by atoms with Crippen LogP contribution in [0.25, 0.3) is 11.6 Å². The Bertz CT molecular complexity index is 1130. The Kier molecular flexibility index (Phi) is 12.7. The first kappa shape index (κ1) is 30.8. The number of hydrogen-bond acceptors (Lipinski definition) is 5. The molecule has 0 amide bonds. The third kappa shape index (κ3) is 9.46. The summed E-state index contributed by atoms with van der Waals surface area (Å²) in [5, 5.41) is 3.25. The van der Waals surface area contributed by atoms with Gasteiger partial charge in [-0.05, 0) is 87.7 Å². The maximum absolute atomic E-state index is 4.89. The van der Waals surface area contributed by atoms with E-state index in [0.717, 1.165) is 67.3 Å². The van der Waals surface area contributed by atoms with Gasteiger partial charge in [-0.15, -0.1) is 0 Å². The van der Waals surface area contributed by atoms with E-state index in [4.69, 9.17) is 9.98 Å². The van der Waals surface area contributed by atoms with E-state index >= 15 is 0 Å². The fourth-order valence-electron chi connectivity index (χ4n) is 4.52. The molecule has 0 radical (unpaired) electrons. The smallest absolute Gasteiger partial charge is 0.136 e. The standard InChI is InChI=1S/C33H47N5/c1-10-28-15-12-13-16-30(28)24-38(9)22-14-17-29(20-21-34-11-2)26(5)23-35-27(6)32-19-18-31(25(3)4)33(36-32)37(7)8/h10-13,15-16,18-19,29,34H,1-3,5,14,17,20-24H2,4,6-9H3. The minimum Gasteiger partial charge on any atom is -0.391 e. The Morgan fingerprint density at radius 1 is 1.05 bits per heavy atom. The van der Waals surface area contributed by atoms with Crippen LogP contribution in [-0.4, -0.2) is 56.4 Å². The number of nitrogens with one attached hydrogen (secondary N) is 1. The molecule has 5 heteroatoms. The van der Waals surface area contributed by atoms with Gasteiger partial charge in [0.2, 0.25) is 0 Å². The molecule has 0 aliphatic carbocycles. The zero-order valence-electron chi connectivity index (χ0n) is 24.3. The predicted octanol–water partition coefficient (Wildman–Crippen LogP) is 6.84. The van der Waals surface area contributed by atoms with Gasteiger partial charge in [0, 0.05) is 32.7 Å². The van der Waals surface area contributed by atoms with Crippen molar-refractivity contribution in [2.45, 2.75) is 39.7 Å². The number of benzene rings is 1. The van der Waals surface area contributed by atoms with E-state index in [2.05, 4.69) is 73.9 Å². The molecule has 1 aromatic carbocycles. The SMILES string of the molecule is C=CNCCC(CCCN(C)Cc1ccccc1C=C)C(=C)CN=C(C)c1ccc(C(=C)C)c(N(C)C)n1. The Hall–Kier alpha value is -3.44. The lowest BCUT2D eigenvalue weighted by Crippen LogP contribution is -2.21. The van der Waals surface area contributed by atoms with Crippen molar-refractivity contribution < 1.29 is 0 Å². The molecule has 1 aromatic heterocycles. The Morgan fingerprint density at radius 3 is 2.45 bits per heavy atom. The lowest BCUT2D eigenvalue weighted by molar-refractivity contribution is 0.307. The first-order valence-electron chi connectivity index (χ1n) is 13.4. The molecule has 1 atom stereocenters. The Balaban J connectivity index is 2.02. The van der Waals surface area contributed by atoms with Crippen molar-refractivity contribution in [2.24, 2.45) is 10.9 Å². The first-order chi connectivity index (χ1) is 18.2. The minimum absolute atomic E-state index is 0.393. The third-order valence-corrected chi connectivity index (χ3v) is 6.82. The zero-order chi connectivity index (χ0) is 28.1. The molecule has 0 aliphatic rings. The third-order valence-electron chi connectivity index (χ3n) is 6.82. The largest absolute Gasteiger partial charge is 0.391 e.